The van der Waals surface area contributed by atoms with E-state index in [0.29, 0.717) is 28.8 Å². The highest BCUT2D eigenvalue weighted by Gasteiger charge is 2.31. The van der Waals surface area contributed by atoms with Crippen molar-refractivity contribution in [1.82, 2.24) is 9.66 Å². The minimum Gasteiger partial charge on any atom is -0.493 e. The average Bonchev–Trinajstić information content (AvgIpc) is 2.88. The third-order valence-electron chi connectivity index (χ3n) is 5.73. The van der Waals surface area contributed by atoms with Crippen molar-refractivity contribution in [1.29, 1.82) is 0 Å². The van der Waals surface area contributed by atoms with Gasteiger partial charge in [-0.15, -0.1) is 0 Å². The van der Waals surface area contributed by atoms with Gasteiger partial charge < -0.3 is 4.74 Å². The Labute approximate surface area is 204 Å². The van der Waals surface area contributed by atoms with Crippen molar-refractivity contribution in [2.24, 2.45) is 5.10 Å². The van der Waals surface area contributed by atoms with Gasteiger partial charge >= 0.3 is 6.18 Å². The van der Waals surface area contributed by atoms with Crippen LogP contribution in [-0.4, -0.2) is 22.5 Å². The summed E-state index contributed by atoms with van der Waals surface area (Å²) in [6.45, 7) is 2.28. The number of fused-ring (bicyclic) bond motifs is 2. The molecular weight excluding hydrogens is 467 g/mol. The van der Waals surface area contributed by atoms with Gasteiger partial charge in [-0.3, -0.25) is 4.79 Å². The molecule has 0 N–H and O–H groups in total. The van der Waals surface area contributed by atoms with Gasteiger partial charge in [0, 0.05) is 11.1 Å². The number of alkyl halides is 3. The highest BCUT2D eigenvalue weighted by atomic mass is 19.4. The minimum absolute atomic E-state index is 0.000698. The Morgan fingerprint density at radius 3 is 2.47 bits per heavy atom. The third-order valence-corrected chi connectivity index (χ3v) is 5.73. The number of hydrogen-bond acceptors (Lipinski definition) is 4. The van der Waals surface area contributed by atoms with Gasteiger partial charge in [-0.1, -0.05) is 54.6 Å². The first-order valence-corrected chi connectivity index (χ1v) is 11.2. The predicted octanol–water partition coefficient (Wildman–Crippen LogP) is 6.52. The molecular formula is C28H20F3N3O2. The van der Waals surface area contributed by atoms with Crippen molar-refractivity contribution in [3.05, 3.63) is 106 Å². The van der Waals surface area contributed by atoms with Crippen LogP contribution in [0.2, 0.25) is 0 Å². The Morgan fingerprint density at radius 2 is 1.69 bits per heavy atom. The lowest BCUT2D eigenvalue weighted by molar-refractivity contribution is -0.137. The van der Waals surface area contributed by atoms with Gasteiger partial charge in [0.2, 0.25) is 0 Å². The molecule has 5 rings (SSSR count). The predicted molar refractivity (Wildman–Crippen MR) is 135 cm³/mol. The second kappa shape index (κ2) is 9.30. The van der Waals surface area contributed by atoms with Crippen LogP contribution in [0.25, 0.3) is 33.1 Å². The molecule has 0 bridgehead atoms. The summed E-state index contributed by atoms with van der Waals surface area (Å²) in [5.74, 6) is 0.571. The molecule has 0 saturated heterocycles. The molecule has 0 unspecified atom stereocenters. The van der Waals surface area contributed by atoms with Gasteiger partial charge in [-0.05, 0) is 48.0 Å². The van der Waals surface area contributed by atoms with Crippen LogP contribution < -0.4 is 10.3 Å². The van der Waals surface area contributed by atoms with Gasteiger partial charge in [0.1, 0.15) is 5.75 Å². The second-order valence-corrected chi connectivity index (χ2v) is 8.02. The standard InChI is InChI=1S/C28H20F3N3O2/c1-2-36-25-15-14-18-8-3-4-11-21(18)23(25)17-32-34-26(19-9-7-10-20(16-19)28(29,30)31)33-24-13-6-5-12-22(24)27(34)35/h3-17H,2H2,1H3. The van der Waals surface area contributed by atoms with Crippen LogP contribution in [-0.2, 0) is 6.18 Å². The zero-order valence-electron chi connectivity index (χ0n) is 19.2. The molecule has 0 saturated carbocycles. The third kappa shape index (κ3) is 4.33. The summed E-state index contributed by atoms with van der Waals surface area (Å²) < 4.78 is 47.1. The number of ether oxygens (including phenoxy) is 1. The van der Waals surface area contributed by atoms with Crippen LogP contribution in [0.4, 0.5) is 13.2 Å². The Bertz CT molecular complexity index is 1670. The number of halogens is 3. The maximum Gasteiger partial charge on any atom is 0.416 e. The van der Waals surface area contributed by atoms with Gasteiger partial charge in [0.05, 0.1) is 29.3 Å². The summed E-state index contributed by atoms with van der Waals surface area (Å²) in [6, 6.07) is 22.7. The van der Waals surface area contributed by atoms with E-state index in [1.807, 2.05) is 43.3 Å². The van der Waals surface area contributed by atoms with Gasteiger partial charge in [0.15, 0.2) is 5.82 Å². The average molecular weight is 487 g/mol. The van der Waals surface area contributed by atoms with E-state index >= 15 is 0 Å². The van der Waals surface area contributed by atoms with E-state index in [1.165, 1.54) is 18.3 Å². The Hall–Kier alpha value is -4.46. The van der Waals surface area contributed by atoms with Crippen molar-refractivity contribution in [3.63, 3.8) is 0 Å². The fourth-order valence-corrected chi connectivity index (χ4v) is 4.06. The molecule has 0 radical (unpaired) electrons. The molecule has 5 nitrogen and oxygen atoms in total. The largest absolute Gasteiger partial charge is 0.493 e. The molecule has 0 amide bonds. The van der Waals surface area contributed by atoms with Crippen molar-refractivity contribution >= 4 is 27.9 Å². The molecule has 0 fully saturated rings. The first-order chi connectivity index (χ1) is 17.4. The number of nitrogens with zero attached hydrogens (tertiary/aromatic N) is 3. The maximum atomic E-state index is 13.5. The Morgan fingerprint density at radius 1 is 0.944 bits per heavy atom. The number of aromatic nitrogens is 2. The first-order valence-electron chi connectivity index (χ1n) is 11.2. The van der Waals surface area contributed by atoms with Gasteiger partial charge in [-0.25, -0.2) is 4.98 Å². The molecule has 0 spiro atoms. The molecule has 5 aromatic rings. The molecule has 0 aliphatic carbocycles. The summed E-state index contributed by atoms with van der Waals surface area (Å²) in [4.78, 5) is 18.0. The molecule has 0 atom stereocenters. The fraction of sp³-hybridized carbons (Fsp3) is 0.107. The second-order valence-electron chi connectivity index (χ2n) is 8.02. The molecule has 180 valence electrons. The number of para-hydroxylation sites is 1. The summed E-state index contributed by atoms with van der Waals surface area (Å²) in [7, 11) is 0. The van der Waals surface area contributed by atoms with E-state index in [4.69, 9.17) is 4.74 Å². The molecule has 1 heterocycles. The number of hydrogen-bond donors (Lipinski definition) is 0. The number of benzene rings is 4. The lowest BCUT2D eigenvalue weighted by Crippen LogP contribution is -2.20. The van der Waals surface area contributed by atoms with E-state index in [1.54, 1.807) is 24.3 Å². The summed E-state index contributed by atoms with van der Waals surface area (Å²) in [5, 5.41) is 6.55. The van der Waals surface area contributed by atoms with Crippen LogP contribution in [0.3, 0.4) is 0 Å². The molecule has 36 heavy (non-hydrogen) atoms. The quantitative estimate of drug-likeness (QED) is 0.265. The number of rotatable bonds is 5. The molecule has 4 aromatic carbocycles. The zero-order valence-corrected chi connectivity index (χ0v) is 19.2. The van der Waals surface area contributed by atoms with Crippen molar-refractivity contribution in [2.75, 3.05) is 6.61 Å². The first kappa shape index (κ1) is 23.3. The van der Waals surface area contributed by atoms with Crippen LogP contribution >= 0.6 is 0 Å². The van der Waals surface area contributed by atoms with Gasteiger partial charge in [0.25, 0.3) is 5.56 Å². The van der Waals surface area contributed by atoms with E-state index in [0.717, 1.165) is 27.6 Å². The smallest absolute Gasteiger partial charge is 0.416 e. The van der Waals surface area contributed by atoms with E-state index < -0.39 is 17.3 Å². The van der Waals surface area contributed by atoms with Crippen molar-refractivity contribution < 1.29 is 17.9 Å². The van der Waals surface area contributed by atoms with Crippen LogP contribution in [0.15, 0.2) is 94.8 Å². The normalized spacial score (nSPS) is 12.0. The van der Waals surface area contributed by atoms with Crippen molar-refractivity contribution in [2.45, 2.75) is 13.1 Å². The van der Waals surface area contributed by atoms with E-state index in [2.05, 4.69) is 10.1 Å². The summed E-state index contributed by atoms with van der Waals surface area (Å²) in [5.41, 5.74) is -0.215. The highest BCUT2D eigenvalue weighted by Crippen LogP contribution is 2.32. The summed E-state index contributed by atoms with van der Waals surface area (Å²) >= 11 is 0. The topological polar surface area (TPSA) is 56.5 Å². The molecule has 0 aliphatic rings. The summed E-state index contributed by atoms with van der Waals surface area (Å²) in [6.07, 6.45) is -3.06. The van der Waals surface area contributed by atoms with Crippen LogP contribution in [0, 0.1) is 0 Å². The highest BCUT2D eigenvalue weighted by molar-refractivity contribution is 6.02. The SMILES string of the molecule is CCOc1ccc2ccccc2c1C=Nn1c(-c2cccc(C(F)(F)F)c2)nc2ccccc2c1=O. The van der Waals surface area contributed by atoms with Crippen molar-refractivity contribution in [3.8, 4) is 17.1 Å². The Kier molecular flexibility index (Phi) is 6.01. The lowest BCUT2D eigenvalue weighted by Gasteiger charge is -2.13. The molecule has 0 aliphatic heterocycles. The van der Waals surface area contributed by atoms with E-state index in [-0.39, 0.29) is 11.4 Å². The monoisotopic (exact) mass is 487 g/mol. The maximum absolute atomic E-state index is 13.5. The fourth-order valence-electron chi connectivity index (χ4n) is 4.06. The minimum atomic E-state index is -4.55. The van der Waals surface area contributed by atoms with E-state index in [9.17, 15) is 18.0 Å². The Balaban J connectivity index is 1.76. The molecule has 8 heteroatoms. The zero-order chi connectivity index (χ0) is 25.3. The lowest BCUT2D eigenvalue weighted by atomic mass is 10.0. The van der Waals surface area contributed by atoms with Gasteiger partial charge in [-0.2, -0.15) is 22.9 Å². The van der Waals surface area contributed by atoms with Crippen LogP contribution in [0.5, 0.6) is 5.75 Å². The molecule has 1 aromatic heterocycles. The van der Waals surface area contributed by atoms with Crippen LogP contribution in [0.1, 0.15) is 18.1 Å².